The zero-order valence-electron chi connectivity index (χ0n) is 16.2. The van der Waals surface area contributed by atoms with Crippen molar-refractivity contribution in [1.82, 2.24) is 10.4 Å². The first-order valence-electron chi connectivity index (χ1n) is 9.01. The third-order valence-corrected chi connectivity index (χ3v) is 4.52. The van der Waals surface area contributed by atoms with Crippen LogP contribution in [0.5, 0.6) is 5.75 Å². The number of aryl methyl sites for hydroxylation is 3. The Bertz CT molecular complexity index is 1000. The maximum atomic E-state index is 11.6. The maximum absolute atomic E-state index is 11.6. The van der Waals surface area contributed by atoms with Gasteiger partial charge in [0.2, 0.25) is 0 Å². The second-order valence-electron chi connectivity index (χ2n) is 6.63. The molecule has 0 saturated carbocycles. The molecule has 2 amide bonds. The average Bonchev–Trinajstić information content (AvgIpc) is 2.68. The van der Waals surface area contributed by atoms with E-state index in [1.165, 1.54) is 0 Å². The molecule has 1 heterocycles. The zero-order valence-corrected chi connectivity index (χ0v) is 16.2. The molecule has 3 rings (SSSR count). The number of anilines is 1. The molecule has 0 aliphatic rings. The minimum Gasteiger partial charge on any atom is -0.489 e. The van der Waals surface area contributed by atoms with E-state index in [0.29, 0.717) is 12.3 Å². The van der Waals surface area contributed by atoms with Crippen LogP contribution in [0.15, 0.2) is 54.6 Å². The molecule has 0 atom stereocenters. The molecule has 2 aromatic carbocycles. The highest BCUT2D eigenvalue weighted by Gasteiger charge is 2.11. The molecular weight excluding hydrogens is 352 g/mol. The fourth-order valence-corrected chi connectivity index (χ4v) is 2.99. The molecule has 6 heteroatoms. The van der Waals surface area contributed by atoms with E-state index in [2.05, 4.69) is 21.8 Å². The van der Waals surface area contributed by atoms with E-state index in [-0.39, 0.29) is 0 Å². The molecular formula is C22H24N4O2. The molecule has 0 unspecified atom stereocenters. The van der Waals surface area contributed by atoms with Crippen molar-refractivity contribution >= 4 is 11.7 Å². The molecule has 1 aromatic heterocycles. The topological polar surface area (TPSA) is 89.3 Å². The van der Waals surface area contributed by atoms with Crippen LogP contribution in [0.4, 0.5) is 10.5 Å². The number of nitrogens with zero attached hydrogens (tertiary/aromatic N) is 1. The molecule has 0 bridgehead atoms. The van der Waals surface area contributed by atoms with E-state index in [4.69, 9.17) is 10.6 Å². The standard InChI is InChI=1S/C22H24N4O2/c1-14-6-4-9-20(25-22(27)26-23)18(14)13-28-21-11-10-17(12-15(21)2)19-8-5-7-16(3)24-19/h4-12H,13,23H2,1-3H3,(H2,25,26,27). The minimum atomic E-state index is -0.474. The minimum absolute atomic E-state index is 0.329. The van der Waals surface area contributed by atoms with Gasteiger partial charge >= 0.3 is 6.03 Å². The quantitative estimate of drug-likeness (QED) is 0.353. The summed E-state index contributed by atoms with van der Waals surface area (Å²) in [6, 6.07) is 17.2. The first-order chi connectivity index (χ1) is 13.5. The highest BCUT2D eigenvalue weighted by Crippen LogP contribution is 2.27. The Balaban J connectivity index is 1.79. The number of urea groups is 1. The summed E-state index contributed by atoms with van der Waals surface area (Å²) in [4.78, 5) is 16.1. The van der Waals surface area contributed by atoms with E-state index >= 15 is 0 Å². The van der Waals surface area contributed by atoms with Crippen molar-refractivity contribution in [2.45, 2.75) is 27.4 Å². The van der Waals surface area contributed by atoms with Crippen LogP contribution in [0.1, 0.15) is 22.4 Å². The van der Waals surface area contributed by atoms with E-state index in [0.717, 1.165) is 39.4 Å². The van der Waals surface area contributed by atoms with Crippen LogP contribution in [-0.2, 0) is 6.61 Å². The molecule has 0 aliphatic carbocycles. The lowest BCUT2D eigenvalue weighted by atomic mass is 10.1. The van der Waals surface area contributed by atoms with E-state index in [9.17, 15) is 4.79 Å². The van der Waals surface area contributed by atoms with Crippen LogP contribution in [0, 0.1) is 20.8 Å². The van der Waals surface area contributed by atoms with Gasteiger partial charge < -0.3 is 10.1 Å². The fourth-order valence-electron chi connectivity index (χ4n) is 2.99. The van der Waals surface area contributed by atoms with Gasteiger partial charge in [-0.15, -0.1) is 0 Å². The van der Waals surface area contributed by atoms with Crippen molar-refractivity contribution in [2.24, 2.45) is 5.84 Å². The first kappa shape index (κ1) is 19.4. The van der Waals surface area contributed by atoms with E-state index in [1.54, 1.807) is 0 Å². The number of amides is 2. The molecule has 28 heavy (non-hydrogen) atoms. The Morgan fingerprint density at radius 2 is 1.82 bits per heavy atom. The number of pyridine rings is 1. The van der Waals surface area contributed by atoms with E-state index in [1.807, 2.05) is 69.3 Å². The van der Waals surface area contributed by atoms with Crippen LogP contribution in [0.2, 0.25) is 0 Å². The predicted molar refractivity (Wildman–Crippen MR) is 111 cm³/mol. The van der Waals surface area contributed by atoms with Crippen LogP contribution in [-0.4, -0.2) is 11.0 Å². The number of aromatic nitrogens is 1. The lowest BCUT2D eigenvalue weighted by molar-refractivity contribution is 0.252. The first-order valence-corrected chi connectivity index (χ1v) is 9.01. The van der Waals surface area contributed by atoms with Crippen molar-refractivity contribution in [3.63, 3.8) is 0 Å². The Morgan fingerprint density at radius 3 is 2.54 bits per heavy atom. The number of carbonyl (C=O) groups excluding carboxylic acids is 1. The lowest BCUT2D eigenvalue weighted by Gasteiger charge is -2.16. The summed E-state index contributed by atoms with van der Waals surface area (Å²) >= 11 is 0. The third kappa shape index (κ3) is 4.47. The van der Waals surface area contributed by atoms with E-state index < -0.39 is 6.03 Å². The SMILES string of the molecule is Cc1cccc(-c2ccc(OCc3c(C)cccc3NC(=O)NN)c(C)c2)n1. The summed E-state index contributed by atoms with van der Waals surface area (Å²) in [5.74, 6) is 5.95. The molecule has 0 spiro atoms. The fraction of sp³-hybridized carbons (Fsp3) is 0.182. The Labute approximate surface area is 164 Å². The summed E-state index contributed by atoms with van der Waals surface area (Å²) in [6.07, 6.45) is 0. The highest BCUT2D eigenvalue weighted by molar-refractivity contribution is 5.89. The van der Waals surface area contributed by atoms with Crippen LogP contribution >= 0.6 is 0 Å². The molecule has 0 fully saturated rings. The van der Waals surface area contributed by atoms with Crippen molar-refractivity contribution in [1.29, 1.82) is 0 Å². The number of nitrogens with two attached hydrogens (primary N) is 1. The number of nitrogens with one attached hydrogen (secondary N) is 2. The number of hydrogen-bond donors (Lipinski definition) is 3. The van der Waals surface area contributed by atoms with Crippen molar-refractivity contribution in [3.05, 3.63) is 77.0 Å². The Hall–Kier alpha value is -3.38. The van der Waals surface area contributed by atoms with Crippen LogP contribution in [0.3, 0.4) is 0 Å². The molecule has 4 N–H and O–H groups in total. The largest absolute Gasteiger partial charge is 0.489 e. The van der Waals surface area contributed by atoms with Gasteiger partial charge in [-0.3, -0.25) is 10.4 Å². The monoisotopic (exact) mass is 376 g/mol. The summed E-state index contributed by atoms with van der Waals surface area (Å²) in [5, 5.41) is 2.72. The maximum Gasteiger partial charge on any atom is 0.333 e. The third-order valence-electron chi connectivity index (χ3n) is 4.52. The predicted octanol–water partition coefficient (Wildman–Crippen LogP) is 4.25. The van der Waals surface area contributed by atoms with Gasteiger partial charge in [0.1, 0.15) is 12.4 Å². The second-order valence-corrected chi connectivity index (χ2v) is 6.63. The number of benzene rings is 2. The second kappa shape index (κ2) is 8.54. The summed E-state index contributed by atoms with van der Waals surface area (Å²) in [5.41, 5.74) is 8.64. The normalized spacial score (nSPS) is 10.4. The van der Waals surface area contributed by atoms with Gasteiger partial charge in [-0.2, -0.15) is 0 Å². The van der Waals surface area contributed by atoms with Gasteiger partial charge in [0.05, 0.1) is 5.69 Å². The lowest BCUT2D eigenvalue weighted by Crippen LogP contribution is -2.34. The Morgan fingerprint density at radius 1 is 1.04 bits per heavy atom. The summed E-state index contributed by atoms with van der Waals surface area (Å²) < 4.78 is 6.05. The zero-order chi connectivity index (χ0) is 20.1. The van der Waals surface area contributed by atoms with Crippen LogP contribution in [0.25, 0.3) is 11.3 Å². The number of hydrazine groups is 1. The number of hydrogen-bond acceptors (Lipinski definition) is 4. The number of ether oxygens (including phenoxy) is 1. The molecule has 0 saturated heterocycles. The smallest absolute Gasteiger partial charge is 0.333 e. The van der Waals surface area contributed by atoms with Crippen LogP contribution < -0.4 is 21.3 Å². The summed E-state index contributed by atoms with van der Waals surface area (Å²) in [7, 11) is 0. The summed E-state index contributed by atoms with van der Waals surface area (Å²) in [6.45, 7) is 6.29. The van der Waals surface area contributed by atoms with Gasteiger partial charge in [0, 0.05) is 22.5 Å². The molecule has 3 aromatic rings. The molecule has 0 radical (unpaired) electrons. The Kier molecular flexibility index (Phi) is 5.91. The van der Waals surface area contributed by atoms with Gasteiger partial charge in [-0.1, -0.05) is 18.2 Å². The molecule has 144 valence electrons. The van der Waals surface area contributed by atoms with Gasteiger partial charge in [0.25, 0.3) is 0 Å². The highest BCUT2D eigenvalue weighted by atomic mass is 16.5. The number of carbonyl (C=O) groups is 1. The molecule has 0 aliphatic heterocycles. The van der Waals surface area contributed by atoms with Gasteiger partial charge in [-0.25, -0.2) is 10.6 Å². The van der Waals surface area contributed by atoms with Crippen molar-refractivity contribution in [3.8, 4) is 17.0 Å². The average molecular weight is 376 g/mol. The molecule has 6 nitrogen and oxygen atoms in total. The van der Waals surface area contributed by atoms with Crippen molar-refractivity contribution in [2.75, 3.05) is 5.32 Å². The number of rotatable bonds is 5. The van der Waals surface area contributed by atoms with Crippen molar-refractivity contribution < 1.29 is 9.53 Å². The van der Waals surface area contributed by atoms with Gasteiger partial charge in [0.15, 0.2) is 0 Å². The van der Waals surface area contributed by atoms with Gasteiger partial charge in [-0.05, 0) is 68.3 Å².